The molecular weight excluding hydrogens is 372 g/mol. The number of piperidine rings is 1. The molecule has 1 atom stereocenters. The Balaban J connectivity index is 1.82. The summed E-state index contributed by atoms with van der Waals surface area (Å²) >= 11 is 0. The average molecular weight is 400 g/mol. The highest BCUT2D eigenvalue weighted by atomic mass is 16.3. The maximum Gasteiger partial charge on any atom is 0.264 e. The van der Waals surface area contributed by atoms with Crippen molar-refractivity contribution in [3.63, 3.8) is 0 Å². The van der Waals surface area contributed by atoms with E-state index in [9.17, 15) is 14.4 Å². The van der Waals surface area contributed by atoms with Gasteiger partial charge in [-0.1, -0.05) is 25.3 Å². The predicted octanol–water partition coefficient (Wildman–Crippen LogP) is 2.04. The number of fused-ring (bicyclic) bond motifs is 1. The summed E-state index contributed by atoms with van der Waals surface area (Å²) in [5, 5.41) is 14.9. The van der Waals surface area contributed by atoms with Crippen molar-refractivity contribution in [3.8, 4) is 0 Å². The van der Waals surface area contributed by atoms with Crippen molar-refractivity contribution in [2.45, 2.75) is 57.9 Å². The lowest BCUT2D eigenvalue weighted by Gasteiger charge is -2.24. The third-order valence-electron chi connectivity index (χ3n) is 5.28. The molecule has 1 aliphatic heterocycles. The molecule has 0 aliphatic carbocycles. The molecule has 1 aromatic carbocycles. The Bertz CT molecular complexity index is 954. The van der Waals surface area contributed by atoms with Gasteiger partial charge in [0.1, 0.15) is 11.9 Å². The normalized spacial score (nSPS) is 16.8. The quantitative estimate of drug-likeness (QED) is 0.438. The van der Waals surface area contributed by atoms with Crippen LogP contribution in [-0.4, -0.2) is 39.6 Å². The molecular formula is C21H28N4O4. The molecule has 2 amide bonds. The summed E-state index contributed by atoms with van der Waals surface area (Å²) in [6, 6.07) is 4.77. The van der Waals surface area contributed by atoms with E-state index in [0.29, 0.717) is 28.8 Å². The van der Waals surface area contributed by atoms with Crippen molar-refractivity contribution < 1.29 is 14.7 Å². The van der Waals surface area contributed by atoms with Crippen LogP contribution in [0.3, 0.4) is 0 Å². The fourth-order valence-electron chi connectivity index (χ4n) is 3.79. The SMILES string of the molecule is Cc1nc2cccc(NCCCCCCCO)c2c(=O)n1C1CCC(=O)NC1=O. The average Bonchev–Trinajstić information content (AvgIpc) is 2.68. The third-order valence-corrected chi connectivity index (χ3v) is 5.28. The zero-order chi connectivity index (χ0) is 20.8. The van der Waals surface area contributed by atoms with Crippen LogP contribution in [0.1, 0.15) is 56.8 Å². The first-order chi connectivity index (χ1) is 14.0. The molecule has 29 heavy (non-hydrogen) atoms. The summed E-state index contributed by atoms with van der Waals surface area (Å²) in [6.07, 6.45) is 5.43. The molecule has 8 heteroatoms. The minimum Gasteiger partial charge on any atom is -0.396 e. The van der Waals surface area contributed by atoms with Gasteiger partial charge in [-0.15, -0.1) is 0 Å². The lowest BCUT2D eigenvalue weighted by atomic mass is 10.1. The summed E-state index contributed by atoms with van der Waals surface area (Å²) in [5.74, 6) is -0.314. The fraction of sp³-hybridized carbons (Fsp3) is 0.524. The maximum absolute atomic E-state index is 13.3. The number of hydrogen-bond donors (Lipinski definition) is 3. The number of hydrogen-bond acceptors (Lipinski definition) is 6. The molecule has 0 spiro atoms. The molecule has 0 saturated carbocycles. The number of anilines is 1. The van der Waals surface area contributed by atoms with E-state index in [4.69, 9.17) is 5.11 Å². The molecule has 1 fully saturated rings. The van der Waals surface area contributed by atoms with Crippen molar-refractivity contribution in [1.29, 1.82) is 0 Å². The molecule has 1 unspecified atom stereocenters. The van der Waals surface area contributed by atoms with Crippen LogP contribution in [0.5, 0.6) is 0 Å². The van der Waals surface area contributed by atoms with Crippen molar-refractivity contribution in [1.82, 2.24) is 14.9 Å². The molecule has 1 aliphatic rings. The second-order valence-electron chi connectivity index (χ2n) is 7.42. The van der Waals surface area contributed by atoms with Gasteiger partial charge in [0.05, 0.1) is 10.9 Å². The van der Waals surface area contributed by atoms with E-state index in [1.807, 2.05) is 12.1 Å². The van der Waals surface area contributed by atoms with Gasteiger partial charge in [-0.3, -0.25) is 24.3 Å². The molecule has 2 aromatic rings. The molecule has 1 aromatic heterocycles. The first-order valence-corrected chi connectivity index (χ1v) is 10.2. The van der Waals surface area contributed by atoms with Crippen LogP contribution in [0.2, 0.25) is 0 Å². The van der Waals surface area contributed by atoms with Gasteiger partial charge in [0.25, 0.3) is 5.56 Å². The summed E-state index contributed by atoms with van der Waals surface area (Å²) in [7, 11) is 0. The lowest BCUT2D eigenvalue weighted by molar-refractivity contribution is -0.135. The number of carbonyl (C=O) groups excluding carboxylic acids is 2. The fourth-order valence-corrected chi connectivity index (χ4v) is 3.79. The van der Waals surface area contributed by atoms with E-state index in [-0.39, 0.29) is 24.5 Å². The number of benzene rings is 1. The first kappa shape index (κ1) is 21.0. The number of carbonyl (C=O) groups is 2. The van der Waals surface area contributed by atoms with Crippen molar-refractivity contribution in [2.75, 3.05) is 18.5 Å². The number of aromatic nitrogens is 2. The van der Waals surface area contributed by atoms with Gasteiger partial charge >= 0.3 is 0 Å². The molecule has 3 N–H and O–H groups in total. The Morgan fingerprint density at radius 1 is 1.17 bits per heavy atom. The Kier molecular flexibility index (Phi) is 6.98. The molecule has 8 nitrogen and oxygen atoms in total. The number of nitrogens with zero attached hydrogens (tertiary/aromatic N) is 2. The minimum absolute atomic E-state index is 0.205. The van der Waals surface area contributed by atoms with Crippen LogP contribution in [-0.2, 0) is 9.59 Å². The van der Waals surface area contributed by atoms with Crippen LogP contribution >= 0.6 is 0 Å². The summed E-state index contributed by atoms with van der Waals surface area (Å²) in [4.78, 5) is 41.6. The second kappa shape index (κ2) is 9.65. The number of aliphatic hydroxyl groups is 1. The predicted molar refractivity (Wildman–Crippen MR) is 111 cm³/mol. The number of aryl methyl sites for hydroxylation is 1. The van der Waals surface area contributed by atoms with Gasteiger partial charge < -0.3 is 10.4 Å². The van der Waals surface area contributed by atoms with Crippen molar-refractivity contribution in [2.24, 2.45) is 0 Å². The molecule has 3 rings (SSSR count). The van der Waals surface area contributed by atoms with E-state index in [2.05, 4.69) is 15.6 Å². The Labute approximate surface area is 169 Å². The monoisotopic (exact) mass is 400 g/mol. The Morgan fingerprint density at radius 3 is 2.69 bits per heavy atom. The van der Waals surface area contributed by atoms with Gasteiger partial charge in [-0.05, 0) is 38.3 Å². The minimum atomic E-state index is -0.725. The lowest BCUT2D eigenvalue weighted by Crippen LogP contribution is -2.45. The van der Waals surface area contributed by atoms with E-state index < -0.39 is 11.9 Å². The van der Waals surface area contributed by atoms with Gasteiger partial charge in [0.15, 0.2) is 0 Å². The Morgan fingerprint density at radius 2 is 1.93 bits per heavy atom. The smallest absolute Gasteiger partial charge is 0.264 e. The van der Waals surface area contributed by atoms with Crippen LogP contribution in [0.25, 0.3) is 10.9 Å². The summed E-state index contributed by atoms with van der Waals surface area (Å²) in [6.45, 7) is 2.67. The van der Waals surface area contributed by atoms with E-state index in [0.717, 1.165) is 38.6 Å². The van der Waals surface area contributed by atoms with Crippen LogP contribution in [0, 0.1) is 6.92 Å². The standard InChI is InChI=1S/C21H28N4O4/c1-14-23-16-9-7-8-15(22-12-5-3-2-4-6-13-26)19(16)21(29)25(14)17-10-11-18(27)24-20(17)28/h7-9,17,22,26H,2-6,10-13H2,1H3,(H,24,27,28). The second-order valence-corrected chi connectivity index (χ2v) is 7.42. The topological polar surface area (TPSA) is 113 Å². The maximum atomic E-state index is 13.3. The van der Waals surface area contributed by atoms with E-state index >= 15 is 0 Å². The highest BCUT2D eigenvalue weighted by Crippen LogP contribution is 2.23. The number of aliphatic hydroxyl groups excluding tert-OH is 1. The van der Waals surface area contributed by atoms with Crippen molar-refractivity contribution in [3.05, 3.63) is 34.4 Å². The van der Waals surface area contributed by atoms with Gasteiger partial charge in [-0.25, -0.2) is 4.98 Å². The van der Waals surface area contributed by atoms with Crippen LogP contribution in [0.15, 0.2) is 23.0 Å². The van der Waals surface area contributed by atoms with Crippen molar-refractivity contribution >= 4 is 28.4 Å². The summed E-state index contributed by atoms with van der Waals surface area (Å²) < 4.78 is 1.41. The highest BCUT2D eigenvalue weighted by Gasteiger charge is 2.30. The molecule has 0 radical (unpaired) electrons. The number of nitrogens with one attached hydrogen (secondary N) is 2. The number of imide groups is 1. The molecule has 0 bridgehead atoms. The number of rotatable bonds is 9. The largest absolute Gasteiger partial charge is 0.396 e. The zero-order valence-electron chi connectivity index (χ0n) is 16.7. The summed E-state index contributed by atoms with van der Waals surface area (Å²) in [5.41, 5.74) is 1.02. The van der Waals surface area contributed by atoms with Gasteiger partial charge in [0.2, 0.25) is 11.8 Å². The van der Waals surface area contributed by atoms with E-state index in [1.165, 1.54) is 4.57 Å². The van der Waals surface area contributed by atoms with Crippen LogP contribution < -0.4 is 16.2 Å². The van der Waals surface area contributed by atoms with Gasteiger partial charge in [-0.2, -0.15) is 0 Å². The highest BCUT2D eigenvalue weighted by molar-refractivity contribution is 5.99. The zero-order valence-corrected chi connectivity index (χ0v) is 16.7. The van der Waals surface area contributed by atoms with E-state index in [1.54, 1.807) is 13.0 Å². The molecule has 1 saturated heterocycles. The third kappa shape index (κ3) is 4.82. The molecule has 156 valence electrons. The van der Waals surface area contributed by atoms with Gasteiger partial charge in [0, 0.05) is 25.3 Å². The van der Waals surface area contributed by atoms with Crippen LogP contribution in [0.4, 0.5) is 5.69 Å². The molecule has 2 heterocycles. The first-order valence-electron chi connectivity index (χ1n) is 10.2. The number of amides is 2. The Hall–Kier alpha value is -2.74. The number of unbranched alkanes of at least 4 members (excludes halogenated alkanes) is 4.